The third kappa shape index (κ3) is 2.17. The average molecular weight is 279 g/mol. The summed E-state index contributed by atoms with van der Waals surface area (Å²) in [7, 11) is 0. The van der Waals surface area contributed by atoms with Gasteiger partial charge >= 0.3 is 5.97 Å². The van der Waals surface area contributed by atoms with Crippen LogP contribution < -0.4 is 5.32 Å². The summed E-state index contributed by atoms with van der Waals surface area (Å²) in [6.45, 7) is 5.55. The Bertz CT molecular complexity index is 556. The summed E-state index contributed by atoms with van der Waals surface area (Å²) >= 11 is 0. The van der Waals surface area contributed by atoms with E-state index in [0.717, 1.165) is 0 Å². The molecular formula is C15H18FNO3. The number of nitrogens with one attached hydrogen (secondary N) is 1. The zero-order valence-electron chi connectivity index (χ0n) is 11.8. The third-order valence-electron chi connectivity index (χ3n) is 3.87. The number of rotatable bonds is 4. The first-order chi connectivity index (χ1) is 9.35. The van der Waals surface area contributed by atoms with Crippen LogP contribution in [0.1, 0.15) is 27.2 Å². The monoisotopic (exact) mass is 279 g/mol. The van der Waals surface area contributed by atoms with E-state index >= 15 is 0 Å². The van der Waals surface area contributed by atoms with Crippen LogP contribution in [0.2, 0.25) is 0 Å². The molecule has 0 spiro atoms. The van der Waals surface area contributed by atoms with Gasteiger partial charge in [0.05, 0.1) is 12.3 Å². The number of ether oxygens (including phenoxy) is 1. The number of carbonyl (C=O) groups excluding carboxylic acids is 2. The fraction of sp³-hybridized carbons (Fsp3) is 0.467. The van der Waals surface area contributed by atoms with E-state index in [4.69, 9.17) is 4.74 Å². The maximum absolute atomic E-state index is 13.6. The van der Waals surface area contributed by atoms with E-state index in [-0.39, 0.29) is 12.3 Å². The lowest BCUT2D eigenvalue weighted by Crippen LogP contribution is -2.36. The quantitative estimate of drug-likeness (QED) is 0.681. The van der Waals surface area contributed by atoms with Gasteiger partial charge in [0.1, 0.15) is 5.82 Å². The molecule has 1 N–H and O–H groups in total. The Labute approximate surface area is 117 Å². The number of benzene rings is 1. The van der Waals surface area contributed by atoms with Gasteiger partial charge in [-0.15, -0.1) is 0 Å². The van der Waals surface area contributed by atoms with Gasteiger partial charge in [-0.1, -0.05) is 26.0 Å². The van der Waals surface area contributed by atoms with E-state index in [1.54, 1.807) is 13.0 Å². The van der Waals surface area contributed by atoms with Crippen molar-refractivity contribution in [2.24, 2.45) is 10.8 Å². The average Bonchev–Trinajstić information content (AvgIpc) is 2.97. The molecule has 1 fully saturated rings. The zero-order valence-corrected chi connectivity index (χ0v) is 11.8. The second-order valence-electron chi connectivity index (χ2n) is 5.62. The minimum absolute atomic E-state index is 0.0730. The fourth-order valence-corrected chi connectivity index (χ4v) is 2.49. The predicted molar refractivity (Wildman–Crippen MR) is 72.5 cm³/mol. The highest BCUT2D eigenvalue weighted by molar-refractivity contribution is 6.12. The molecule has 1 saturated carbocycles. The molecule has 1 aromatic carbocycles. The van der Waals surface area contributed by atoms with Crippen molar-refractivity contribution >= 4 is 17.6 Å². The summed E-state index contributed by atoms with van der Waals surface area (Å²) < 4.78 is 18.6. The molecular weight excluding hydrogens is 261 g/mol. The minimum atomic E-state index is -1.22. The van der Waals surface area contributed by atoms with Gasteiger partial charge in [-0.2, -0.15) is 0 Å². The molecule has 1 amide bonds. The molecule has 0 aliphatic heterocycles. The van der Waals surface area contributed by atoms with E-state index in [9.17, 15) is 14.0 Å². The highest BCUT2D eigenvalue weighted by Gasteiger charge is 2.72. The molecule has 0 bridgehead atoms. The largest absolute Gasteiger partial charge is 0.465 e. The van der Waals surface area contributed by atoms with Gasteiger partial charge in [0.2, 0.25) is 5.91 Å². The molecule has 1 aliphatic rings. The van der Waals surface area contributed by atoms with Gasteiger partial charge in [-0.05, 0) is 30.9 Å². The van der Waals surface area contributed by atoms with Crippen molar-refractivity contribution in [3.63, 3.8) is 0 Å². The summed E-state index contributed by atoms with van der Waals surface area (Å²) in [6.07, 6.45) is 0.402. The molecule has 1 unspecified atom stereocenters. The molecule has 1 aliphatic carbocycles. The van der Waals surface area contributed by atoms with Gasteiger partial charge in [0.25, 0.3) is 0 Å². The summed E-state index contributed by atoms with van der Waals surface area (Å²) in [4.78, 5) is 24.5. The molecule has 0 heterocycles. The van der Waals surface area contributed by atoms with Gasteiger partial charge < -0.3 is 10.1 Å². The first-order valence-electron chi connectivity index (χ1n) is 6.58. The van der Waals surface area contributed by atoms with Crippen molar-refractivity contribution in [1.82, 2.24) is 0 Å². The van der Waals surface area contributed by atoms with E-state index in [1.807, 2.05) is 13.8 Å². The van der Waals surface area contributed by atoms with Crippen molar-refractivity contribution in [2.75, 3.05) is 11.9 Å². The van der Waals surface area contributed by atoms with Crippen LogP contribution in [0.15, 0.2) is 24.3 Å². The van der Waals surface area contributed by atoms with Crippen molar-refractivity contribution in [1.29, 1.82) is 0 Å². The molecule has 0 aromatic heterocycles. The first kappa shape index (κ1) is 14.5. The van der Waals surface area contributed by atoms with Crippen LogP contribution in [0.5, 0.6) is 0 Å². The van der Waals surface area contributed by atoms with Gasteiger partial charge in [0.15, 0.2) is 5.41 Å². The SMILES string of the molecule is CCOC(=O)C1(C(=O)Nc2ccccc2F)CC1(C)C. The Morgan fingerprint density at radius 3 is 2.45 bits per heavy atom. The maximum Gasteiger partial charge on any atom is 0.322 e. The zero-order chi connectivity index (χ0) is 15.0. The van der Waals surface area contributed by atoms with Crippen molar-refractivity contribution < 1.29 is 18.7 Å². The Kier molecular flexibility index (Phi) is 3.54. The topological polar surface area (TPSA) is 55.4 Å². The molecule has 1 aromatic rings. The molecule has 0 saturated heterocycles. The Morgan fingerprint density at radius 2 is 1.95 bits per heavy atom. The molecule has 1 atom stereocenters. The van der Waals surface area contributed by atoms with E-state index in [2.05, 4.69) is 5.32 Å². The summed E-state index contributed by atoms with van der Waals surface area (Å²) in [6, 6.07) is 5.87. The van der Waals surface area contributed by atoms with Crippen molar-refractivity contribution in [3.05, 3.63) is 30.1 Å². The summed E-state index contributed by atoms with van der Waals surface area (Å²) in [5, 5.41) is 2.49. The van der Waals surface area contributed by atoms with Crippen LogP contribution >= 0.6 is 0 Å². The molecule has 5 heteroatoms. The second-order valence-corrected chi connectivity index (χ2v) is 5.62. The summed E-state index contributed by atoms with van der Waals surface area (Å²) in [5.74, 6) is -1.58. The normalized spacial score (nSPS) is 23.0. The smallest absolute Gasteiger partial charge is 0.322 e. The Hall–Kier alpha value is -1.91. The number of hydrogen-bond donors (Lipinski definition) is 1. The first-order valence-corrected chi connectivity index (χ1v) is 6.58. The highest BCUT2D eigenvalue weighted by Crippen LogP contribution is 2.64. The maximum atomic E-state index is 13.6. The van der Waals surface area contributed by atoms with E-state index < -0.39 is 28.5 Å². The van der Waals surface area contributed by atoms with Crippen LogP contribution in [0.25, 0.3) is 0 Å². The standard InChI is InChI=1S/C15H18FNO3/c1-4-20-13(19)15(9-14(15,2)3)12(18)17-11-8-6-5-7-10(11)16/h5-8H,4,9H2,1-3H3,(H,17,18). The van der Waals surface area contributed by atoms with Crippen molar-refractivity contribution in [2.45, 2.75) is 27.2 Å². The lowest BCUT2D eigenvalue weighted by Gasteiger charge is -2.18. The fourth-order valence-electron chi connectivity index (χ4n) is 2.49. The van der Waals surface area contributed by atoms with Crippen molar-refractivity contribution in [3.8, 4) is 0 Å². The Morgan fingerprint density at radius 1 is 1.35 bits per heavy atom. The molecule has 2 rings (SSSR count). The molecule has 0 radical (unpaired) electrons. The van der Waals surface area contributed by atoms with E-state index in [1.165, 1.54) is 18.2 Å². The molecule has 4 nitrogen and oxygen atoms in total. The third-order valence-corrected chi connectivity index (χ3v) is 3.87. The van der Waals surface area contributed by atoms with Crippen LogP contribution in [0.4, 0.5) is 10.1 Å². The van der Waals surface area contributed by atoms with Crippen LogP contribution in [0.3, 0.4) is 0 Å². The van der Waals surface area contributed by atoms with Gasteiger partial charge in [-0.25, -0.2) is 4.39 Å². The van der Waals surface area contributed by atoms with Crippen LogP contribution in [-0.2, 0) is 14.3 Å². The number of esters is 1. The number of para-hydroxylation sites is 1. The number of anilines is 1. The highest BCUT2D eigenvalue weighted by atomic mass is 19.1. The van der Waals surface area contributed by atoms with Crippen LogP contribution in [0, 0.1) is 16.6 Å². The molecule has 108 valence electrons. The lowest BCUT2D eigenvalue weighted by molar-refractivity contribution is -0.154. The minimum Gasteiger partial charge on any atom is -0.465 e. The Balaban J connectivity index is 2.23. The number of halogens is 1. The number of hydrogen-bond acceptors (Lipinski definition) is 3. The molecule has 20 heavy (non-hydrogen) atoms. The number of amides is 1. The lowest BCUT2D eigenvalue weighted by atomic mass is 9.94. The number of carbonyl (C=O) groups is 2. The predicted octanol–water partition coefficient (Wildman–Crippen LogP) is 2.74. The van der Waals surface area contributed by atoms with Gasteiger partial charge in [0, 0.05) is 0 Å². The second kappa shape index (κ2) is 4.89. The van der Waals surface area contributed by atoms with Gasteiger partial charge in [-0.3, -0.25) is 9.59 Å². The van der Waals surface area contributed by atoms with Crippen LogP contribution in [-0.4, -0.2) is 18.5 Å². The summed E-state index contributed by atoms with van der Waals surface area (Å²) in [5.41, 5.74) is -1.62. The van der Waals surface area contributed by atoms with E-state index in [0.29, 0.717) is 6.42 Å².